The van der Waals surface area contributed by atoms with Crippen LogP contribution in [-0.4, -0.2) is 21.7 Å². The summed E-state index contributed by atoms with van der Waals surface area (Å²) in [5, 5.41) is 4.04. The van der Waals surface area contributed by atoms with Crippen LogP contribution in [0.2, 0.25) is 0 Å². The van der Waals surface area contributed by atoms with Gasteiger partial charge in [0, 0.05) is 0 Å². The van der Waals surface area contributed by atoms with E-state index >= 15 is 0 Å². The number of fused-ring (bicyclic) bond motifs is 1. The number of nitrogen functional groups attached to an aromatic ring is 2. The summed E-state index contributed by atoms with van der Waals surface area (Å²) in [7, 11) is 1.55. The van der Waals surface area contributed by atoms with Crippen LogP contribution in [0.5, 0.6) is 5.88 Å². The molecule has 0 aliphatic rings. The van der Waals surface area contributed by atoms with Crippen molar-refractivity contribution in [1.29, 1.82) is 0 Å². The molecule has 0 saturated carbocycles. The number of methoxy groups -OCH3 is 1. The Morgan fingerprint density at radius 2 is 2.14 bits per heavy atom. The Morgan fingerprint density at radius 3 is 2.79 bits per heavy atom. The molecule has 74 valence electrons. The molecule has 0 atom stereocenters. The van der Waals surface area contributed by atoms with Gasteiger partial charge in [-0.05, 0) is 6.92 Å². The molecule has 0 aliphatic carbocycles. The Hall–Kier alpha value is -1.98. The minimum Gasteiger partial charge on any atom is -0.481 e. The maximum Gasteiger partial charge on any atom is 0.222 e. The van der Waals surface area contributed by atoms with E-state index in [1.807, 2.05) is 6.92 Å². The largest absolute Gasteiger partial charge is 0.481 e. The summed E-state index contributed by atoms with van der Waals surface area (Å²) in [5.74, 6) is 0.964. The number of nitrogens with zero attached hydrogens (tertiary/aromatic N) is 3. The first-order valence-corrected chi connectivity index (χ1v) is 4.08. The van der Waals surface area contributed by atoms with Gasteiger partial charge in [0.05, 0.1) is 24.6 Å². The predicted octanol–water partition coefficient (Wildman–Crippen LogP) is 0.211. The number of hydrogen-bond acceptors (Lipinski definition) is 5. The van der Waals surface area contributed by atoms with E-state index < -0.39 is 0 Å². The van der Waals surface area contributed by atoms with E-state index in [0.717, 1.165) is 5.56 Å². The molecule has 0 aromatic carbocycles. The number of aromatic nitrogens is 3. The third kappa shape index (κ3) is 0.968. The fourth-order valence-electron chi connectivity index (χ4n) is 1.32. The molecule has 6 nitrogen and oxygen atoms in total. The van der Waals surface area contributed by atoms with Crippen molar-refractivity contribution in [2.45, 2.75) is 6.92 Å². The molecule has 0 unspecified atom stereocenters. The molecular formula is C8H11N5O. The van der Waals surface area contributed by atoms with E-state index in [9.17, 15) is 0 Å². The quantitative estimate of drug-likeness (QED) is 0.675. The molecule has 2 aromatic rings. The third-order valence-electron chi connectivity index (χ3n) is 2.09. The Balaban J connectivity index is 2.90. The maximum absolute atomic E-state index is 5.70. The van der Waals surface area contributed by atoms with Gasteiger partial charge in [-0.1, -0.05) is 0 Å². The molecule has 2 aromatic heterocycles. The highest BCUT2D eigenvalue weighted by Gasteiger charge is 2.12. The van der Waals surface area contributed by atoms with Crippen LogP contribution in [0.4, 0.5) is 11.5 Å². The smallest absolute Gasteiger partial charge is 0.222 e. The first kappa shape index (κ1) is 8.61. The zero-order valence-corrected chi connectivity index (χ0v) is 7.98. The molecule has 0 bridgehead atoms. The molecule has 0 amide bonds. The Morgan fingerprint density at radius 1 is 1.43 bits per heavy atom. The lowest BCUT2D eigenvalue weighted by Crippen LogP contribution is -2.05. The van der Waals surface area contributed by atoms with E-state index in [4.69, 9.17) is 16.2 Å². The Bertz CT molecular complexity index is 490. The highest BCUT2D eigenvalue weighted by Crippen LogP contribution is 2.24. The van der Waals surface area contributed by atoms with Crippen molar-refractivity contribution in [2.24, 2.45) is 0 Å². The van der Waals surface area contributed by atoms with Crippen LogP contribution < -0.4 is 16.2 Å². The van der Waals surface area contributed by atoms with Gasteiger partial charge in [0.2, 0.25) is 5.88 Å². The number of anilines is 2. The van der Waals surface area contributed by atoms with Crippen LogP contribution in [0.25, 0.3) is 5.65 Å². The molecule has 4 N–H and O–H groups in total. The number of hydrogen-bond donors (Lipinski definition) is 2. The lowest BCUT2D eigenvalue weighted by Gasteiger charge is -2.08. The van der Waals surface area contributed by atoms with Crippen molar-refractivity contribution in [2.75, 3.05) is 18.6 Å². The van der Waals surface area contributed by atoms with Gasteiger partial charge in [-0.15, -0.1) is 0 Å². The molecule has 0 saturated heterocycles. The van der Waals surface area contributed by atoms with Crippen LogP contribution >= 0.6 is 0 Å². The van der Waals surface area contributed by atoms with Crippen molar-refractivity contribution in [3.63, 3.8) is 0 Å². The van der Waals surface area contributed by atoms with E-state index in [0.29, 0.717) is 23.0 Å². The fraction of sp³-hybridized carbons (Fsp3) is 0.250. The lowest BCUT2D eigenvalue weighted by atomic mass is 10.3. The third-order valence-corrected chi connectivity index (χ3v) is 2.09. The SMILES string of the molecule is COc1c(C)c(N)nc2c(N)cnn12. The van der Waals surface area contributed by atoms with Gasteiger partial charge in [0.15, 0.2) is 5.65 Å². The first-order chi connectivity index (χ1) is 6.65. The second-order valence-corrected chi connectivity index (χ2v) is 2.97. The van der Waals surface area contributed by atoms with E-state index in [1.165, 1.54) is 10.7 Å². The molecule has 0 radical (unpaired) electrons. The van der Waals surface area contributed by atoms with Crippen molar-refractivity contribution < 1.29 is 4.74 Å². The summed E-state index contributed by atoms with van der Waals surface area (Å²) >= 11 is 0. The molecule has 0 spiro atoms. The van der Waals surface area contributed by atoms with Crippen molar-refractivity contribution in [3.05, 3.63) is 11.8 Å². The van der Waals surface area contributed by atoms with Crippen LogP contribution in [0, 0.1) is 6.92 Å². The molecule has 2 heterocycles. The average Bonchev–Trinajstić information content (AvgIpc) is 2.51. The minimum atomic E-state index is 0.404. The summed E-state index contributed by atoms with van der Waals surface area (Å²) in [4.78, 5) is 4.12. The average molecular weight is 193 g/mol. The van der Waals surface area contributed by atoms with Crippen molar-refractivity contribution in [3.8, 4) is 5.88 Å². The van der Waals surface area contributed by atoms with E-state index in [1.54, 1.807) is 7.11 Å². The lowest BCUT2D eigenvalue weighted by molar-refractivity contribution is 0.382. The Kier molecular flexibility index (Phi) is 1.70. The number of nitrogens with two attached hydrogens (primary N) is 2. The molecular weight excluding hydrogens is 182 g/mol. The van der Waals surface area contributed by atoms with Crippen LogP contribution in [0.15, 0.2) is 6.20 Å². The second-order valence-electron chi connectivity index (χ2n) is 2.97. The predicted molar refractivity (Wildman–Crippen MR) is 53.1 cm³/mol. The van der Waals surface area contributed by atoms with Crippen molar-refractivity contribution in [1.82, 2.24) is 14.6 Å². The van der Waals surface area contributed by atoms with Gasteiger partial charge in [-0.2, -0.15) is 9.61 Å². The molecule has 2 rings (SSSR count). The van der Waals surface area contributed by atoms with Gasteiger partial charge in [0.25, 0.3) is 0 Å². The number of rotatable bonds is 1. The maximum atomic E-state index is 5.70. The van der Waals surface area contributed by atoms with Crippen molar-refractivity contribution >= 4 is 17.2 Å². The van der Waals surface area contributed by atoms with Gasteiger partial charge in [-0.3, -0.25) is 0 Å². The summed E-state index contributed by atoms with van der Waals surface area (Å²) < 4.78 is 6.71. The second kappa shape index (κ2) is 2.76. The van der Waals surface area contributed by atoms with Gasteiger partial charge >= 0.3 is 0 Å². The minimum absolute atomic E-state index is 0.404. The Labute approximate surface area is 80.5 Å². The van der Waals surface area contributed by atoms with Crippen LogP contribution in [0.3, 0.4) is 0 Å². The zero-order chi connectivity index (χ0) is 10.3. The molecule has 14 heavy (non-hydrogen) atoms. The summed E-state index contributed by atoms with van der Waals surface area (Å²) in [6, 6.07) is 0. The fourth-order valence-corrected chi connectivity index (χ4v) is 1.32. The standard InChI is InChI=1S/C8H11N5O/c1-4-6(10)12-7-5(9)3-11-13(7)8(4)14-2/h3H,9H2,1-2H3,(H2,10,12). The zero-order valence-electron chi connectivity index (χ0n) is 7.98. The molecule has 0 aliphatic heterocycles. The van der Waals surface area contributed by atoms with Gasteiger partial charge < -0.3 is 16.2 Å². The summed E-state index contributed by atoms with van der Waals surface area (Å²) in [6.45, 7) is 1.82. The van der Waals surface area contributed by atoms with E-state index in [-0.39, 0.29) is 0 Å². The van der Waals surface area contributed by atoms with Crippen LogP contribution in [0.1, 0.15) is 5.56 Å². The molecule has 0 fully saturated rings. The molecule has 6 heteroatoms. The summed E-state index contributed by atoms with van der Waals surface area (Å²) in [6.07, 6.45) is 1.52. The van der Waals surface area contributed by atoms with E-state index in [2.05, 4.69) is 10.1 Å². The first-order valence-electron chi connectivity index (χ1n) is 4.08. The van der Waals surface area contributed by atoms with Crippen LogP contribution in [-0.2, 0) is 0 Å². The summed E-state index contributed by atoms with van der Waals surface area (Å²) in [5.41, 5.74) is 13.1. The number of ether oxygens (including phenoxy) is 1. The normalized spacial score (nSPS) is 10.7. The highest BCUT2D eigenvalue weighted by molar-refractivity contribution is 5.67. The van der Waals surface area contributed by atoms with Gasteiger partial charge in [0.1, 0.15) is 5.82 Å². The monoisotopic (exact) mass is 193 g/mol. The highest BCUT2D eigenvalue weighted by atomic mass is 16.5. The van der Waals surface area contributed by atoms with Gasteiger partial charge in [-0.25, -0.2) is 4.98 Å². The topological polar surface area (TPSA) is 91.5 Å².